The van der Waals surface area contributed by atoms with E-state index in [2.05, 4.69) is 0 Å². The van der Waals surface area contributed by atoms with Crippen LogP contribution in [0.25, 0.3) is 0 Å². The Labute approximate surface area is 69.5 Å². The van der Waals surface area contributed by atoms with Crippen LogP contribution in [-0.4, -0.2) is 35.9 Å². The van der Waals surface area contributed by atoms with E-state index in [1.165, 1.54) is 6.92 Å². The molecule has 1 aliphatic heterocycles. The lowest BCUT2D eigenvalue weighted by Gasteiger charge is -2.23. The molecular weight excluding hydrogens is 166 g/mol. The lowest BCUT2D eigenvalue weighted by Crippen LogP contribution is -2.42. The molecule has 1 rings (SSSR count). The first-order valence-electron chi connectivity index (χ1n) is 3.88. The van der Waals surface area contributed by atoms with Crippen LogP contribution in [0.1, 0.15) is 13.3 Å². The molecule has 0 aromatic heterocycles. The highest BCUT2D eigenvalue weighted by Crippen LogP contribution is 2.17. The molecule has 1 heterocycles. The lowest BCUT2D eigenvalue weighted by molar-refractivity contribution is -0.133. The van der Waals surface area contributed by atoms with Crippen LogP contribution in [-0.2, 0) is 4.79 Å². The quantitative estimate of drug-likeness (QED) is 0.656. The van der Waals surface area contributed by atoms with Gasteiger partial charge >= 0.3 is 0 Å². The number of rotatable bonds is 2. The van der Waals surface area contributed by atoms with Crippen molar-refractivity contribution < 1.29 is 13.6 Å². The van der Waals surface area contributed by atoms with Gasteiger partial charge in [0.15, 0.2) is 0 Å². The van der Waals surface area contributed by atoms with Crippen molar-refractivity contribution >= 4 is 5.91 Å². The highest BCUT2D eigenvalue weighted by Gasteiger charge is 2.35. The summed E-state index contributed by atoms with van der Waals surface area (Å²) in [6, 6.07) is -1.59. The number of halogens is 2. The SMILES string of the molecule is CC(C(F)F)N1CCC(N)C1=O. The van der Waals surface area contributed by atoms with Crippen LogP contribution >= 0.6 is 0 Å². The molecule has 0 saturated carbocycles. The molecule has 2 N–H and O–H groups in total. The normalized spacial score (nSPS) is 26.9. The first-order chi connectivity index (χ1) is 5.54. The van der Waals surface area contributed by atoms with Crippen LogP contribution in [0.3, 0.4) is 0 Å². The second kappa shape index (κ2) is 3.35. The minimum Gasteiger partial charge on any atom is -0.333 e. The van der Waals surface area contributed by atoms with Crippen molar-refractivity contribution in [2.45, 2.75) is 31.9 Å². The molecule has 0 spiro atoms. The van der Waals surface area contributed by atoms with E-state index >= 15 is 0 Å². The summed E-state index contributed by atoms with van der Waals surface area (Å²) in [4.78, 5) is 12.3. The van der Waals surface area contributed by atoms with Gasteiger partial charge in [0.1, 0.15) is 0 Å². The number of amides is 1. The number of nitrogens with two attached hydrogens (primary N) is 1. The van der Waals surface area contributed by atoms with Gasteiger partial charge < -0.3 is 10.6 Å². The summed E-state index contributed by atoms with van der Waals surface area (Å²) in [5.74, 6) is -0.359. The van der Waals surface area contributed by atoms with Crippen LogP contribution in [0, 0.1) is 0 Å². The molecule has 1 aliphatic rings. The maximum Gasteiger partial charge on any atom is 0.258 e. The van der Waals surface area contributed by atoms with Gasteiger partial charge in [-0.3, -0.25) is 4.79 Å². The number of likely N-dealkylation sites (tertiary alicyclic amines) is 1. The average Bonchev–Trinajstić information content (AvgIpc) is 2.32. The van der Waals surface area contributed by atoms with Gasteiger partial charge in [-0.05, 0) is 13.3 Å². The molecule has 1 saturated heterocycles. The first-order valence-corrected chi connectivity index (χ1v) is 3.88. The molecule has 0 aromatic carbocycles. The van der Waals surface area contributed by atoms with Crippen molar-refractivity contribution in [3.63, 3.8) is 0 Å². The minimum atomic E-state index is -2.49. The summed E-state index contributed by atoms with van der Waals surface area (Å²) in [5.41, 5.74) is 5.37. The zero-order chi connectivity index (χ0) is 9.30. The third-order valence-electron chi connectivity index (χ3n) is 2.14. The molecular formula is C7H12F2N2O. The molecule has 70 valence electrons. The van der Waals surface area contributed by atoms with Gasteiger partial charge in [0, 0.05) is 6.54 Å². The molecule has 0 bridgehead atoms. The topological polar surface area (TPSA) is 46.3 Å². The number of nitrogens with zero attached hydrogens (tertiary/aromatic N) is 1. The third-order valence-corrected chi connectivity index (χ3v) is 2.14. The predicted octanol–water partition coefficient (Wildman–Crippen LogP) is 0.200. The van der Waals surface area contributed by atoms with Crippen LogP contribution in [0.4, 0.5) is 8.78 Å². The first kappa shape index (κ1) is 9.38. The fourth-order valence-electron chi connectivity index (χ4n) is 1.27. The number of hydrogen-bond donors (Lipinski definition) is 1. The van der Waals surface area contributed by atoms with Crippen molar-refractivity contribution in [2.75, 3.05) is 6.54 Å². The van der Waals surface area contributed by atoms with E-state index in [-0.39, 0.29) is 5.91 Å². The summed E-state index contributed by atoms with van der Waals surface area (Å²) in [7, 11) is 0. The Morgan fingerprint density at radius 2 is 2.25 bits per heavy atom. The Hall–Kier alpha value is -0.710. The standard InChI is InChI=1S/C7H12F2N2O/c1-4(6(8)9)11-3-2-5(10)7(11)12/h4-6H,2-3,10H2,1H3. The van der Waals surface area contributed by atoms with Gasteiger partial charge in [-0.2, -0.15) is 0 Å². The van der Waals surface area contributed by atoms with Gasteiger partial charge in [0.05, 0.1) is 12.1 Å². The Balaban J connectivity index is 2.59. The molecule has 0 radical (unpaired) electrons. The lowest BCUT2D eigenvalue weighted by atomic mass is 10.3. The molecule has 0 aliphatic carbocycles. The summed E-state index contributed by atoms with van der Waals surface area (Å²) < 4.78 is 24.3. The Kier molecular flexibility index (Phi) is 2.62. The molecule has 12 heavy (non-hydrogen) atoms. The van der Waals surface area contributed by atoms with Crippen LogP contribution in [0.2, 0.25) is 0 Å². The summed E-state index contributed by atoms with van der Waals surface area (Å²) in [6.07, 6.45) is -2.00. The minimum absolute atomic E-state index is 0.353. The van der Waals surface area contributed by atoms with Crippen molar-refractivity contribution in [1.29, 1.82) is 0 Å². The monoisotopic (exact) mass is 178 g/mol. The fraction of sp³-hybridized carbons (Fsp3) is 0.857. The van der Waals surface area contributed by atoms with E-state index in [1.54, 1.807) is 0 Å². The maximum atomic E-state index is 12.1. The second-order valence-electron chi connectivity index (χ2n) is 3.00. The summed E-state index contributed by atoms with van der Waals surface area (Å²) in [6.45, 7) is 1.69. The molecule has 5 heteroatoms. The van der Waals surface area contributed by atoms with Crippen LogP contribution in [0.15, 0.2) is 0 Å². The van der Waals surface area contributed by atoms with E-state index in [0.717, 1.165) is 4.90 Å². The third kappa shape index (κ3) is 1.55. The highest BCUT2D eigenvalue weighted by atomic mass is 19.3. The molecule has 1 fully saturated rings. The predicted molar refractivity (Wildman–Crippen MR) is 39.8 cm³/mol. The fourth-order valence-corrected chi connectivity index (χ4v) is 1.27. The number of alkyl halides is 2. The zero-order valence-electron chi connectivity index (χ0n) is 6.84. The van der Waals surface area contributed by atoms with Gasteiger partial charge in [0.2, 0.25) is 5.91 Å². The Morgan fingerprint density at radius 3 is 2.58 bits per heavy atom. The van der Waals surface area contributed by atoms with Gasteiger partial charge in [-0.15, -0.1) is 0 Å². The Morgan fingerprint density at radius 1 is 1.67 bits per heavy atom. The summed E-state index contributed by atoms with van der Waals surface area (Å²) in [5, 5.41) is 0. The molecule has 2 unspecified atom stereocenters. The molecule has 2 atom stereocenters. The number of hydrogen-bond acceptors (Lipinski definition) is 2. The smallest absolute Gasteiger partial charge is 0.258 e. The summed E-state index contributed by atoms with van der Waals surface area (Å²) >= 11 is 0. The largest absolute Gasteiger partial charge is 0.333 e. The van der Waals surface area contributed by atoms with Crippen molar-refractivity contribution in [2.24, 2.45) is 5.73 Å². The van der Waals surface area contributed by atoms with Gasteiger partial charge in [-0.1, -0.05) is 0 Å². The van der Waals surface area contributed by atoms with E-state index in [4.69, 9.17) is 5.73 Å². The van der Waals surface area contributed by atoms with E-state index < -0.39 is 18.5 Å². The van der Waals surface area contributed by atoms with Crippen molar-refractivity contribution in [3.8, 4) is 0 Å². The van der Waals surface area contributed by atoms with Crippen LogP contribution in [0.5, 0.6) is 0 Å². The maximum absolute atomic E-state index is 12.1. The van der Waals surface area contributed by atoms with Gasteiger partial charge in [-0.25, -0.2) is 8.78 Å². The van der Waals surface area contributed by atoms with E-state index in [0.29, 0.717) is 13.0 Å². The van der Waals surface area contributed by atoms with E-state index in [1.807, 2.05) is 0 Å². The number of carbonyl (C=O) groups excluding carboxylic acids is 1. The highest BCUT2D eigenvalue weighted by molar-refractivity contribution is 5.83. The van der Waals surface area contributed by atoms with E-state index in [9.17, 15) is 13.6 Å². The van der Waals surface area contributed by atoms with Crippen molar-refractivity contribution in [3.05, 3.63) is 0 Å². The molecule has 1 amide bonds. The molecule has 3 nitrogen and oxygen atoms in total. The van der Waals surface area contributed by atoms with Gasteiger partial charge in [0.25, 0.3) is 6.43 Å². The Bertz CT molecular complexity index is 186. The van der Waals surface area contributed by atoms with Crippen molar-refractivity contribution in [1.82, 2.24) is 4.90 Å². The second-order valence-corrected chi connectivity index (χ2v) is 3.00. The number of carbonyl (C=O) groups is 1. The zero-order valence-corrected chi connectivity index (χ0v) is 6.84. The van der Waals surface area contributed by atoms with Crippen LogP contribution < -0.4 is 5.73 Å². The molecule has 0 aromatic rings. The average molecular weight is 178 g/mol.